The van der Waals surface area contributed by atoms with Crippen LogP contribution in [0.5, 0.6) is 0 Å². The van der Waals surface area contributed by atoms with E-state index >= 15 is 0 Å². The van der Waals surface area contributed by atoms with E-state index in [4.69, 9.17) is 10.8 Å². The zero-order valence-corrected chi connectivity index (χ0v) is 11.9. The van der Waals surface area contributed by atoms with Crippen molar-refractivity contribution in [3.63, 3.8) is 0 Å². The van der Waals surface area contributed by atoms with E-state index in [2.05, 4.69) is 0 Å². The molecule has 0 bridgehead atoms. The SMILES string of the molecule is CN(CCc1ccccc1)C(=O)N(CC(N)=O)CC(=O)O. The smallest absolute Gasteiger partial charge is 0.323 e. The molecule has 114 valence electrons. The van der Waals surface area contributed by atoms with Crippen LogP contribution in [-0.4, -0.2) is 59.5 Å². The summed E-state index contributed by atoms with van der Waals surface area (Å²) in [4.78, 5) is 36.1. The lowest BCUT2D eigenvalue weighted by Crippen LogP contribution is -2.47. The molecule has 0 aliphatic carbocycles. The quantitative estimate of drug-likeness (QED) is 0.746. The molecule has 1 aromatic rings. The molecule has 1 rings (SSSR count). The van der Waals surface area contributed by atoms with Crippen molar-refractivity contribution in [1.82, 2.24) is 9.80 Å². The molecule has 0 atom stereocenters. The van der Waals surface area contributed by atoms with Crippen molar-refractivity contribution >= 4 is 17.9 Å². The van der Waals surface area contributed by atoms with Gasteiger partial charge in [-0.25, -0.2) is 4.79 Å². The predicted molar refractivity (Wildman–Crippen MR) is 76.6 cm³/mol. The summed E-state index contributed by atoms with van der Waals surface area (Å²) < 4.78 is 0. The number of nitrogens with zero attached hydrogens (tertiary/aromatic N) is 2. The van der Waals surface area contributed by atoms with Crippen molar-refractivity contribution in [2.45, 2.75) is 6.42 Å². The Morgan fingerprint density at radius 2 is 1.76 bits per heavy atom. The van der Waals surface area contributed by atoms with E-state index in [1.165, 1.54) is 4.90 Å². The molecular weight excluding hydrogens is 274 g/mol. The zero-order chi connectivity index (χ0) is 15.8. The second-order valence-electron chi connectivity index (χ2n) is 4.66. The Labute approximate surface area is 122 Å². The first kappa shape index (κ1) is 16.5. The van der Waals surface area contributed by atoms with Gasteiger partial charge in [-0.05, 0) is 12.0 Å². The molecular formula is C14H19N3O4. The van der Waals surface area contributed by atoms with Crippen LogP contribution in [0.15, 0.2) is 30.3 Å². The summed E-state index contributed by atoms with van der Waals surface area (Å²) in [6.45, 7) is -0.560. The van der Waals surface area contributed by atoms with E-state index in [1.54, 1.807) is 7.05 Å². The predicted octanol–water partition coefficient (Wildman–Crippen LogP) is 0.153. The minimum atomic E-state index is -1.19. The maximum absolute atomic E-state index is 12.1. The maximum atomic E-state index is 12.1. The van der Waals surface area contributed by atoms with Crippen LogP contribution in [0.2, 0.25) is 0 Å². The van der Waals surface area contributed by atoms with Crippen molar-refractivity contribution in [3.05, 3.63) is 35.9 Å². The summed E-state index contributed by atoms with van der Waals surface area (Å²) in [5.74, 6) is -1.94. The number of carboxylic acid groups (broad SMARTS) is 1. The molecule has 3 amide bonds. The Hall–Kier alpha value is -2.57. The molecule has 0 saturated heterocycles. The summed E-state index contributed by atoms with van der Waals surface area (Å²) in [6.07, 6.45) is 0.639. The second kappa shape index (κ2) is 7.88. The number of rotatable bonds is 7. The highest BCUT2D eigenvalue weighted by atomic mass is 16.4. The van der Waals surface area contributed by atoms with Crippen LogP contribution >= 0.6 is 0 Å². The number of hydrogen-bond acceptors (Lipinski definition) is 3. The fourth-order valence-electron chi connectivity index (χ4n) is 1.82. The van der Waals surface area contributed by atoms with Gasteiger partial charge in [0.25, 0.3) is 0 Å². The normalized spacial score (nSPS) is 9.95. The summed E-state index contributed by atoms with van der Waals surface area (Å²) in [7, 11) is 1.56. The van der Waals surface area contributed by atoms with Gasteiger partial charge >= 0.3 is 12.0 Å². The second-order valence-corrected chi connectivity index (χ2v) is 4.66. The Kier molecular flexibility index (Phi) is 6.19. The van der Waals surface area contributed by atoms with Gasteiger partial charge in [-0.2, -0.15) is 0 Å². The Balaban J connectivity index is 2.60. The van der Waals surface area contributed by atoms with Gasteiger partial charge in [-0.1, -0.05) is 30.3 Å². The topological polar surface area (TPSA) is 104 Å². The number of urea groups is 1. The van der Waals surface area contributed by atoms with E-state index in [9.17, 15) is 14.4 Å². The summed E-state index contributed by atoms with van der Waals surface area (Å²) in [5.41, 5.74) is 6.09. The number of carbonyl (C=O) groups excluding carboxylic acids is 2. The number of benzene rings is 1. The zero-order valence-electron chi connectivity index (χ0n) is 11.9. The fraction of sp³-hybridized carbons (Fsp3) is 0.357. The van der Waals surface area contributed by atoms with Gasteiger partial charge in [0.15, 0.2) is 0 Å². The molecule has 1 aromatic carbocycles. The molecule has 0 radical (unpaired) electrons. The van der Waals surface area contributed by atoms with Crippen LogP contribution in [0.4, 0.5) is 4.79 Å². The summed E-state index contributed by atoms with van der Waals surface area (Å²) in [6, 6.07) is 9.06. The van der Waals surface area contributed by atoms with Crippen molar-refractivity contribution in [3.8, 4) is 0 Å². The third-order valence-corrected chi connectivity index (χ3v) is 2.85. The fourth-order valence-corrected chi connectivity index (χ4v) is 1.82. The highest BCUT2D eigenvalue weighted by Crippen LogP contribution is 2.03. The number of carboxylic acids is 1. The number of primary amides is 1. The largest absolute Gasteiger partial charge is 0.480 e. The Morgan fingerprint density at radius 3 is 2.29 bits per heavy atom. The average molecular weight is 293 g/mol. The molecule has 0 aromatic heterocycles. The number of aliphatic carboxylic acids is 1. The van der Waals surface area contributed by atoms with Crippen LogP contribution in [-0.2, 0) is 16.0 Å². The first-order chi connectivity index (χ1) is 9.90. The molecule has 0 aliphatic rings. The first-order valence-electron chi connectivity index (χ1n) is 6.44. The highest BCUT2D eigenvalue weighted by molar-refractivity contribution is 5.85. The lowest BCUT2D eigenvalue weighted by atomic mass is 10.1. The number of nitrogens with two attached hydrogens (primary N) is 1. The number of amides is 3. The third-order valence-electron chi connectivity index (χ3n) is 2.85. The van der Waals surface area contributed by atoms with Crippen molar-refractivity contribution in [2.24, 2.45) is 5.73 Å². The lowest BCUT2D eigenvalue weighted by molar-refractivity contribution is -0.138. The number of likely N-dealkylation sites (N-methyl/N-ethyl adjacent to an activating group) is 1. The van der Waals surface area contributed by atoms with Crippen LogP contribution in [0.3, 0.4) is 0 Å². The van der Waals surface area contributed by atoms with Crippen molar-refractivity contribution in [2.75, 3.05) is 26.7 Å². The maximum Gasteiger partial charge on any atom is 0.323 e. The Morgan fingerprint density at radius 1 is 1.14 bits per heavy atom. The van der Waals surface area contributed by atoms with Gasteiger partial charge in [0.05, 0.1) is 0 Å². The minimum absolute atomic E-state index is 0.414. The van der Waals surface area contributed by atoms with Gasteiger partial charge < -0.3 is 20.6 Å². The van der Waals surface area contributed by atoms with Crippen LogP contribution in [0, 0.1) is 0 Å². The van der Waals surface area contributed by atoms with Crippen LogP contribution in [0.1, 0.15) is 5.56 Å². The molecule has 0 unspecified atom stereocenters. The van der Waals surface area contributed by atoms with Gasteiger partial charge in [0.1, 0.15) is 13.1 Å². The highest BCUT2D eigenvalue weighted by Gasteiger charge is 2.21. The Bertz CT molecular complexity index is 488. The lowest BCUT2D eigenvalue weighted by Gasteiger charge is -2.26. The molecule has 21 heavy (non-hydrogen) atoms. The number of carbonyl (C=O) groups is 3. The third kappa shape index (κ3) is 5.94. The minimum Gasteiger partial charge on any atom is -0.480 e. The molecule has 7 heteroatoms. The van der Waals surface area contributed by atoms with Crippen molar-refractivity contribution in [1.29, 1.82) is 0 Å². The summed E-state index contributed by atoms with van der Waals surface area (Å²) in [5, 5.41) is 8.77. The first-order valence-corrected chi connectivity index (χ1v) is 6.44. The van der Waals surface area contributed by atoms with Gasteiger partial charge in [-0.15, -0.1) is 0 Å². The molecule has 0 heterocycles. The van der Waals surface area contributed by atoms with E-state index in [0.29, 0.717) is 13.0 Å². The molecule has 0 aliphatic heterocycles. The number of hydrogen-bond donors (Lipinski definition) is 2. The van der Waals surface area contributed by atoms with Gasteiger partial charge in [0.2, 0.25) is 5.91 Å². The van der Waals surface area contributed by atoms with Crippen LogP contribution < -0.4 is 5.73 Å². The summed E-state index contributed by atoms with van der Waals surface area (Å²) >= 11 is 0. The van der Waals surface area contributed by atoms with Gasteiger partial charge in [-0.3, -0.25) is 9.59 Å². The molecule has 0 spiro atoms. The molecule has 7 nitrogen and oxygen atoms in total. The monoisotopic (exact) mass is 293 g/mol. The molecule has 3 N–H and O–H groups in total. The van der Waals surface area contributed by atoms with E-state index in [-0.39, 0.29) is 0 Å². The van der Waals surface area contributed by atoms with Crippen molar-refractivity contribution < 1.29 is 19.5 Å². The van der Waals surface area contributed by atoms with Gasteiger partial charge in [0, 0.05) is 13.6 Å². The standard InChI is InChI=1S/C14H19N3O4/c1-16(8-7-11-5-3-2-4-6-11)14(21)17(9-12(15)18)10-13(19)20/h2-6H,7-10H2,1H3,(H2,15,18)(H,19,20). The van der Waals surface area contributed by atoms with Crippen LogP contribution in [0.25, 0.3) is 0 Å². The molecule has 0 saturated carbocycles. The van der Waals surface area contributed by atoms with E-state index in [1.807, 2.05) is 30.3 Å². The van der Waals surface area contributed by atoms with E-state index in [0.717, 1.165) is 10.5 Å². The average Bonchev–Trinajstić information content (AvgIpc) is 2.43. The van der Waals surface area contributed by atoms with E-state index < -0.39 is 31.0 Å². The molecule has 0 fully saturated rings.